The summed E-state index contributed by atoms with van der Waals surface area (Å²) in [5, 5.41) is 13.9. The number of aryl methyl sites for hydroxylation is 3. The van der Waals surface area contributed by atoms with Crippen LogP contribution in [0.3, 0.4) is 0 Å². The summed E-state index contributed by atoms with van der Waals surface area (Å²) < 4.78 is 1.31. The van der Waals surface area contributed by atoms with Crippen LogP contribution in [0.1, 0.15) is 27.2 Å². The average molecular weight is 230 g/mol. The number of nitrogens with zero attached hydrogens (tertiary/aromatic N) is 2. The molecule has 4 heteroatoms. The molecule has 0 unspecified atom stereocenters. The Kier molecular flexibility index (Phi) is 2.71. The maximum absolute atomic E-state index is 12.3. The lowest BCUT2D eigenvalue weighted by atomic mass is 9.99. The summed E-state index contributed by atoms with van der Waals surface area (Å²) in [6, 6.07) is 7.31. The topological polar surface area (TPSA) is 55.1 Å². The Labute approximate surface area is 99.5 Å². The number of carbonyl (C=O) groups excluding carboxylic acids is 1. The van der Waals surface area contributed by atoms with Gasteiger partial charge in [-0.2, -0.15) is 5.10 Å². The fraction of sp³-hybridized carbons (Fsp3) is 0.231. The minimum absolute atomic E-state index is 0.0873. The Bertz CT molecular complexity index is 585. The van der Waals surface area contributed by atoms with Gasteiger partial charge in [-0.15, -0.1) is 0 Å². The minimum atomic E-state index is -0.189. The van der Waals surface area contributed by atoms with Crippen molar-refractivity contribution >= 4 is 5.78 Å². The first-order valence-corrected chi connectivity index (χ1v) is 5.35. The molecule has 0 fully saturated rings. The Morgan fingerprint density at radius 2 is 1.94 bits per heavy atom. The average Bonchev–Trinajstić information content (AvgIpc) is 2.53. The minimum Gasteiger partial charge on any atom is -0.493 e. The molecule has 0 saturated carbocycles. The summed E-state index contributed by atoms with van der Waals surface area (Å²) >= 11 is 0. The number of rotatable bonds is 2. The Morgan fingerprint density at radius 1 is 1.29 bits per heavy atom. The van der Waals surface area contributed by atoms with Crippen LogP contribution in [0.15, 0.2) is 24.3 Å². The van der Waals surface area contributed by atoms with Crippen molar-refractivity contribution in [2.45, 2.75) is 13.8 Å². The molecule has 88 valence electrons. The van der Waals surface area contributed by atoms with Crippen molar-refractivity contribution in [3.63, 3.8) is 0 Å². The van der Waals surface area contributed by atoms with Crippen molar-refractivity contribution < 1.29 is 9.90 Å². The highest BCUT2D eigenvalue weighted by atomic mass is 16.3. The van der Waals surface area contributed by atoms with Gasteiger partial charge in [-0.05, 0) is 19.4 Å². The number of benzene rings is 1. The summed E-state index contributed by atoms with van der Waals surface area (Å²) in [5.41, 5.74) is 2.30. The fourth-order valence-corrected chi connectivity index (χ4v) is 1.87. The Balaban J connectivity index is 2.55. The zero-order chi connectivity index (χ0) is 12.6. The SMILES string of the molecule is Cc1ccccc1C(=O)c1c(C)nn(C)c1O. The van der Waals surface area contributed by atoms with Gasteiger partial charge in [0.25, 0.3) is 0 Å². The summed E-state index contributed by atoms with van der Waals surface area (Å²) in [6.07, 6.45) is 0. The zero-order valence-electron chi connectivity index (χ0n) is 10.1. The van der Waals surface area contributed by atoms with Crippen LogP contribution in [0, 0.1) is 13.8 Å². The van der Waals surface area contributed by atoms with Gasteiger partial charge >= 0.3 is 0 Å². The largest absolute Gasteiger partial charge is 0.493 e. The van der Waals surface area contributed by atoms with E-state index in [1.54, 1.807) is 20.0 Å². The van der Waals surface area contributed by atoms with Crippen LogP contribution in [0.2, 0.25) is 0 Å². The van der Waals surface area contributed by atoms with Crippen LogP contribution in [0.4, 0.5) is 0 Å². The molecule has 4 nitrogen and oxygen atoms in total. The molecule has 0 amide bonds. The lowest BCUT2D eigenvalue weighted by Crippen LogP contribution is -2.04. The number of aromatic hydroxyl groups is 1. The van der Waals surface area contributed by atoms with E-state index >= 15 is 0 Å². The standard InChI is InChI=1S/C13H14N2O2/c1-8-6-4-5-7-10(8)12(16)11-9(2)14-15(3)13(11)17/h4-7,17H,1-3H3. The number of carbonyl (C=O) groups is 1. The molecule has 1 aromatic heterocycles. The van der Waals surface area contributed by atoms with Gasteiger partial charge in [0.1, 0.15) is 5.56 Å². The monoisotopic (exact) mass is 230 g/mol. The summed E-state index contributed by atoms with van der Waals surface area (Å²) in [7, 11) is 1.61. The predicted octanol–water partition coefficient (Wildman–Crippen LogP) is 1.97. The second-order valence-electron chi connectivity index (χ2n) is 4.05. The maximum Gasteiger partial charge on any atom is 0.220 e. The third-order valence-electron chi connectivity index (χ3n) is 2.81. The van der Waals surface area contributed by atoms with Crippen molar-refractivity contribution in [2.24, 2.45) is 7.05 Å². The van der Waals surface area contributed by atoms with Crippen molar-refractivity contribution in [1.29, 1.82) is 0 Å². The van der Waals surface area contributed by atoms with Gasteiger partial charge in [-0.25, -0.2) is 4.68 Å². The Morgan fingerprint density at radius 3 is 2.47 bits per heavy atom. The molecule has 0 aliphatic heterocycles. The van der Waals surface area contributed by atoms with E-state index in [1.807, 2.05) is 25.1 Å². The zero-order valence-corrected chi connectivity index (χ0v) is 10.1. The molecular formula is C13H14N2O2. The van der Waals surface area contributed by atoms with Crippen LogP contribution in [-0.2, 0) is 7.05 Å². The highest BCUT2D eigenvalue weighted by Gasteiger charge is 2.21. The first-order valence-electron chi connectivity index (χ1n) is 5.35. The van der Waals surface area contributed by atoms with E-state index in [2.05, 4.69) is 5.10 Å². The number of hydrogen-bond donors (Lipinski definition) is 1. The lowest BCUT2D eigenvalue weighted by Gasteiger charge is -2.04. The van der Waals surface area contributed by atoms with Gasteiger partial charge in [0, 0.05) is 12.6 Å². The quantitative estimate of drug-likeness (QED) is 0.802. The Hall–Kier alpha value is -2.10. The first-order chi connectivity index (χ1) is 8.02. The molecule has 0 radical (unpaired) electrons. The molecule has 17 heavy (non-hydrogen) atoms. The number of aromatic nitrogens is 2. The van der Waals surface area contributed by atoms with Gasteiger partial charge in [-0.3, -0.25) is 4.79 Å². The molecule has 0 bridgehead atoms. The van der Waals surface area contributed by atoms with E-state index in [0.29, 0.717) is 11.3 Å². The van der Waals surface area contributed by atoms with Gasteiger partial charge < -0.3 is 5.11 Å². The van der Waals surface area contributed by atoms with E-state index in [9.17, 15) is 9.90 Å². The summed E-state index contributed by atoms with van der Waals surface area (Å²) in [4.78, 5) is 12.3. The van der Waals surface area contributed by atoms with E-state index in [0.717, 1.165) is 5.56 Å². The van der Waals surface area contributed by atoms with Gasteiger partial charge in [0.15, 0.2) is 0 Å². The normalized spacial score (nSPS) is 10.5. The van der Waals surface area contributed by atoms with Crippen LogP contribution in [0.25, 0.3) is 0 Å². The second kappa shape index (κ2) is 4.05. The molecule has 1 heterocycles. The van der Waals surface area contributed by atoms with E-state index in [4.69, 9.17) is 0 Å². The van der Waals surface area contributed by atoms with Crippen LogP contribution in [-0.4, -0.2) is 20.7 Å². The first kappa shape index (κ1) is 11.4. The van der Waals surface area contributed by atoms with E-state index in [1.165, 1.54) is 4.68 Å². The third-order valence-corrected chi connectivity index (χ3v) is 2.81. The van der Waals surface area contributed by atoms with Crippen LogP contribution < -0.4 is 0 Å². The van der Waals surface area contributed by atoms with Gasteiger partial charge in [0.05, 0.1) is 5.69 Å². The molecule has 1 aromatic carbocycles. The maximum atomic E-state index is 12.3. The molecule has 2 aromatic rings. The van der Waals surface area contributed by atoms with Crippen LogP contribution in [0.5, 0.6) is 5.88 Å². The summed E-state index contributed by atoms with van der Waals surface area (Å²) in [6.45, 7) is 3.58. The fourth-order valence-electron chi connectivity index (χ4n) is 1.87. The molecular weight excluding hydrogens is 216 g/mol. The highest BCUT2D eigenvalue weighted by molar-refractivity contribution is 6.11. The molecule has 0 aliphatic carbocycles. The van der Waals surface area contributed by atoms with E-state index in [-0.39, 0.29) is 17.2 Å². The molecule has 0 aliphatic rings. The summed E-state index contributed by atoms with van der Waals surface area (Å²) in [5.74, 6) is -0.276. The molecule has 0 atom stereocenters. The third kappa shape index (κ3) is 1.82. The van der Waals surface area contributed by atoms with Crippen molar-refractivity contribution in [2.75, 3.05) is 0 Å². The lowest BCUT2D eigenvalue weighted by molar-refractivity contribution is 0.103. The molecule has 2 rings (SSSR count). The van der Waals surface area contributed by atoms with E-state index < -0.39 is 0 Å². The molecule has 0 spiro atoms. The highest BCUT2D eigenvalue weighted by Crippen LogP contribution is 2.24. The van der Waals surface area contributed by atoms with Crippen LogP contribution >= 0.6 is 0 Å². The van der Waals surface area contributed by atoms with Gasteiger partial charge in [-0.1, -0.05) is 24.3 Å². The smallest absolute Gasteiger partial charge is 0.220 e. The number of hydrogen-bond acceptors (Lipinski definition) is 3. The molecule has 0 saturated heterocycles. The van der Waals surface area contributed by atoms with Crippen molar-refractivity contribution in [3.8, 4) is 5.88 Å². The number of ketones is 1. The van der Waals surface area contributed by atoms with Crippen molar-refractivity contribution in [3.05, 3.63) is 46.6 Å². The second-order valence-corrected chi connectivity index (χ2v) is 4.05. The van der Waals surface area contributed by atoms with Gasteiger partial charge in [0.2, 0.25) is 11.7 Å². The van der Waals surface area contributed by atoms with Crippen molar-refractivity contribution in [1.82, 2.24) is 9.78 Å². The molecule has 1 N–H and O–H groups in total. The predicted molar refractivity (Wildman–Crippen MR) is 64.2 cm³/mol.